The minimum atomic E-state index is -0.292. The van der Waals surface area contributed by atoms with Crippen LogP contribution in [0.15, 0.2) is 66.7 Å². The van der Waals surface area contributed by atoms with Crippen LogP contribution in [0.5, 0.6) is 11.5 Å². The molecule has 0 atom stereocenters. The molecule has 3 aromatic carbocycles. The van der Waals surface area contributed by atoms with Crippen molar-refractivity contribution in [1.82, 2.24) is 0 Å². The zero-order valence-electron chi connectivity index (χ0n) is 31.7. The third-order valence-corrected chi connectivity index (χ3v) is 10.7. The maximum Gasteiger partial charge on any atom is 0.338 e. The predicted molar refractivity (Wildman–Crippen MR) is 204 cm³/mol. The lowest BCUT2D eigenvalue weighted by molar-refractivity contribution is -0.136. The van der Waals surface area contributed by atoms with E-state index >= 15 is 0 Å². The van der Waals surface area contributed by atoms with Crippen LogP contribution in [0.4, 0.5) is 0 Å². The highest BCUT2D eigenvalue weighted by Crippen LogP contribution is 2.32. The molecule has 0 bridgehead atoms. The summed E-state index contributed by atoms with van der Waals surface area (Å²) in [6, 6.07) is 20.4. The van der Waals surface area contributed by atoms with Crippen LogP contribution in [-0.2, 0) is 31.9 Å². The van der Waals surface area contributed by atoms with E-state index in [1.165, 1.54) is 11.1 Å². The van der Waals surface area contributed by atoms with Crippen molar-refractivity contribution in [2.45, 2.75) is 136 Å². The van der Waals surface area contributed by atoms with Crippen LogP contribution in [0.25, 0.3) is 0 Å². The van der Waals surface area contributed by atoms with Crippen LogP contribution in [0.3, 0.4) is 0 Å². The Kier molecular flexibility index (Phi) is 15.1. The van der Waals surface area contributed by atoms with E-state index in [9.17, 15) is 19.2 Å². The average molecular weight is 725 g/mol. The molecule has 0 amide bonds. The van der Waals surface area contributed by atoms with E-state index in [2.05, 4.69) is 13.8 Å². The van der Waals surface area contributed by atoms with Crippen molar-refractivity contribution in [3.63, 3.8) is 0 Å². The summed E-state index contributed by atoms with van der Waals surface area (Å²) < 4.78 is 22.8. The van der Waals surface area contributed by atoms with Crippen LogP contribution < -0.4 is 9.47 Å². The van der Waals surface area contributed by atoms with E-state index in [0.29, 0.717) is 47.3 Å². The fourth-order valence-electron chi connectivity index (χ4n) is 7.51. The molecule has 2 aliphatic rings. The zero-order valence-corrected chi connectivity index (χ0v) is 31.7. The van der Waals surface area contributed by atoms with Crippen LogP contribution in [0.1, 0.15) is 141 Å². The first-order chi connectivity index (χ1) is 25.7. The Morgan fingerprint density at radius 1 is 0.566 bits per heavy atom. The van der Waals surface area contributed by atoms with Crippen molar-refractivity contribution in [1.29, 1.82) is 0 Å². The van der Waals surface area contributed by atoms with Gasteiger partial charge in [-0.15, -0.1) is 0 Å². The standard InChI is InChI=1S/C45H56O8/c1-4-6-32-8-18-36(19-9-32)44(48)51-38-22-12-34(13-23-38)16-28-42(46)50-40-26-27-41(31(3)30-40)53-43(47)29-17-35-14-24-39(25-15-35)52-45(49)37-20-10-33(7-5-2)11-21-37/h8-11,18-21,26-27,30,34-35,38-39H,4-7,12-17,22-25,28-29H2,1-3H3. The predicted octanol–water partition coefficient (Wildman–Crippen LogP) is 10.1. The van der Waals surface area contributed by atoms with Gasteiger partial charge < -0.3 is 18.9 Å². The number of aryl methyl sites for hydroxylation is 3. The summed E-state index contributed by atoms with van der Waals surface area (Å²) in [5, 5.41) is 0. The number of hydrogen-bond donors (Lipinski definition) is 0. The third-order valence-electron chi connectivity index (χ3n) is 10.7. The van der Waals surface area contributed by atoms with Crippen LogP contribution in [0, 0.1) is 18.8 Å². The Morgan fingerprint density at radius 3 is 1.42 bits per heavy atom. The van der Waals surface area contributed by atoms with Gasteiger partial charge in [0, 0.05) is 12.8 Å². The number of benzene rings is 3. The summed E-state index contributed by atoms with van der Waals surface area (Å²) in [4.78, 5) is 50.6. The number of rotatable bonds is 16. The fraction of sp³-hybridized carbons (Fsp3) is 0.511. The Bertz CT molecular complexity index is 1640. The summed E-state index contributed by atoms with van der Waals surface area (Å²) in [5.74, 6) is 0.548. The van der Waals surface area contributed by atoms with Crippen molar-refractivity contribution < 1.29 is 38.1 Å². The highest BCUT2D eigenvalue weighted by atomic mass is 16.6. The van der Waals surface area contributed by atoms with E-state index in [1.54, 1.807) is 18.2 Å². The van der Waals surface area contributed by atoms with Crippen molar-refractivity contribution in [2.75, 3.05) is 0 Å². The minimum absolute atomic E-state index is 0.0886. The maximum absolute atomic E-state index is 12.7. The maximum atomic E-state index is 12.7. The van der Waals surface area contributed by atoms with Crippen LogP contribution >= 0.6 is 0 Å². The summed E-state index contributed by atoms with van der Waals surface area (Å²) in [7, 11) is 0. The monoisotopic (exact) mass is 724 g/mol. The highest BCUT2D eigenvalue weighted by molar-refractivity contribution is 5.90. The lowest BCUT2D eigenvalue weighted by Crippen LogP contribution is -2.25. The molecule has 0 aliphatic heterocycles. The topological polar surface area (TPSA) is 105 Å². The molecule has 2 saturated carbocycles. The molecule has 0 saturated heterocycles. The van der Waals surface area contributed by atoms with Gasteiger partial charge >= 0.3 is 23.9 Å². The molecule has 0 spiro atoms. The smallest absolute Gasteiger partial charge is 0.338 e. The second-order valence-electron chi connectivity index (χ2n) is 14.9. The molecule has 0 unspecified atom stereocenters. The largest absolute Gasteiger partial charge is 0.459 e. The van der Waals surface area contributed by atoms with Gasteiger partial charge in [-0.1, -0.05) is 51.0 Å². The number of carbonyl (C=O) groups excluding carboxylic acids is 4. The lowest BCUT2D eigenvalue weighted by Gasteiger charge is -2.28. The Hall–Kier alpha value is -4.46. The quantitative estimate of drug-likeness (QED) is 0.106. The minimum Gasteiger partial charge on any atom is -0.459 e. The SMILES string of the molecule is CCCc1ccc(C(=O)OC2CCC(CCC(=O)Oc3ccc(OC(=O)CCC4CCC(OC(=O)c5ccc(CCC)cc5)CC4)c(C)c3)CC2)cc1. The Balaban J connectivity index is 0.945. The average Bonchev–Trinajstić information content (AvgIpc) is 3.16. The molecular weight excluding hydrogens is 668 g/mol. The van der Waals surface area contributed by atoms with Gasteiger partial charge in [-0.2, -0.15) is 0 Å². The molecule has 2 fully saturated rings. The number of esters is 4. The number of ether oxygens (including phenoxy) is 4. The van der Waals surface area contributed by atoms with Gasteiger partial charge in [0.15, 0.2) is 0 Å². The van der Waals surface area contributed by atoms with Gasteiger partial charge in [0.2, 0.25) is 0 Å². The molecule has 5 rings (SSSR count). The summed E-state index contributed by atoms with van der Waals surface area (Å²) in [6.07, 6.45) is 12.9. The molecule has 284 valence electrons. The van der Waals surface area contributed by atoms with Gasteiger partial charge in [-0.05, 0) is 155 Å². The Morgan fingerprint density at radius 2 is 1.00 bits per heavy atom. The van der Waals surface area contributed by atoms with E-state index in [1.807, 2.05) is 55.5 Å². The van der Waals surface area contributed by atoms with Crippen LogP contribution in [-0.4, -0.2) is 36.1 Å². The normalized spacial score (nSPS) is 19.9. The van der Waals surface area contributed by atoms with Crippen LogP contribution in [0.2, 0.25) is 0 Å². The second-order valence-corrected chi connectivity index (χ2v) is 14.9. The number of carbonyl (C=O) groups is 4. The lowest BCUT2D eigenvalue weighted by atomic mass is 9.84. The molecule has 3 aromatic rings. The van der Waals surface area contributed by atoms with Crippen molar-refractivity contribution in [3.8, 4) is 11.5 Å². The molecule has 0 N–H and O–H groups in total. The summed E-state index contributed by atoms with van der Waals surface area (Å²) in [5.41, 5.74) is 4.34. The van der Waals surface area contributed by atoms with E-state index in [4.69, 9.17) is 18.9 Å². The molecule has 8 nitrogen and oxygen atoms in total. The van der Waals surface area contributed by atoms with Gasteiger partial charge in [-0.25, -0.2) is 9.59 Å². The second kappa shape index (κ2) is 20.1. The third kappa shape index (κ3) is 12.6. The summed E-state index contributed by atoms with van der Waals surface area (Å²) in [6.45, 7) is 6.10. The first-order valence-corrected chi connectivity index (χ1v) is 19.8. The van der Waals surface area contributed by atoms with Gasteiger partial charge in [0.25, 0.3) is 0 Å². The Labute approximate surface area is 314 Å². The van der Waals surface area contributed by atoms with E-state index < -0.39 is 0 Å². The molecule has 53 heavy (non-hydrogen) atoms. The first kappa shape index (κ1) is 39.7. The molecular formula is C45H56O8. The number of hydrogen-bond acceptors (Lipinski definition) is 8. The fourth-order valence-corrected chi connectivity index (χ4v) is 7.51. The molecule has 0 radical (unpaired) electrons. The van der Waals surface area contributed by atoms with E-state index in [0.717, 1.165) is 95.5 Å². The van der Waals surface area contributed by atoms with E-state index in [-0.39, 0.29) is 36.1 Å². The van der Waals surface area contributed by atoms with Crippen molar-refractivity contribution in [3.05, 3.63) is 94.5 Å². The summed E-state index contributed by atoms with van der Waals surface area (Å²) >= 11 is 0. The molecule has 0 heterocycles. The van der Waals surface area contributed by atoms with Gasteiger partial charge in [0.05, 0.1) is 11.1 Å². The van der Waals surface area contributed by atoms with Gasteiger partial charge in [0.1, 0.15) is 23.7 Å². The molecule has 8 heteroatoms. The van der Waals surface area contributed by atoms with Gasteiger partial charge in [-0.3, -0.25) is 9.59 Å². The van der Waals surface area contributed by atoms with Crippen molar-refractivity contribution in [2.24, 2.45) is 11.8 Å². The molecule has 2 aliphatic carbocycles. The molecule has 0 aromatic heterocycles. The highest BCUT2D eigenvalue weighted by Gasteiger charge is 2.27. The zero-order chi connectivity index (χ0) is 37.6. The van der Waals surface area contributed by atoms with Crippen molar-refractivity contribution >= 4 is 23.9 Å². The first-order valence-electron chi connectivity index (χ1n) is 19.8.